The van der Waals surface area contributed by atoms with Gasteiger partial charge in [-0.15, -0.1) is 0 Å². The molecule has 4 atom stereocenters. The van der Waals surface area contributed by atoms with Crippen molar-refractivity contribution >= 4 is 16.9 Å². The minimum Gasteiger partial charge on any atom is -0.393 e. The maximum atomic E-state index is 15.3. The van der Waals surface area contributed by atoms with E-state index in [9.17, 15) is 15.0 Å². The zero-order valence-electron chi connectivity index (χ0n) is 24.9. The molecule has 0 aliphatic carbocycles. The van der Waals surface area contributed by atoms with Crippen LogP contribution in [0.3, 0.4) is 0 Å². The van der Waals surface area contributed by atoms with E-state index in [1.165, 1.54) is 6.42 Å². The van der Waals surface area contributed by atoms with Crippen LogP contribution in [-0.2, 0) is 11.3 Å². The summed E-state index contributed by atoms with van der Waals surface area (Å²) in [7, 11) is 0. The Bertz CT molecular complexity index is 1530. The van der Waals surface area contributed by atoms with Crippen LogP contribution in [-0.4, -0.2) is 73.2 Å². The number of halogens is 1. The fraction of sp³-hybridized carbons (Fsp3) is 0.594. The number of fused-ring (bicyclic) bond motifs is 3. The maximum absolute atomic E-state index is 15.3. The predicted octanol–water partition coefficient (Wildman–Crippen LogP) is 4.23. The summed E-state index contributed by atoms with van der Waals surface area (Å²) >= 11 is 0. The number of hydrogen-bond acceptors (Lipinski definition) is 8. The molecular formula is C32H42FN5O4. The summed E-state index contributed by atoms with van der Waals surface area (Å²) in [5.74, 6) is -0.317. The smallest absolute Gasteiger partial charge is 0.223 e. The summed E-state index contributed by atoms with van der Waals surface area (Å²) in [4.78, 5) is 25.0. The Hall–Kier alpha value is -2.92. The van der Waals surface area contributed by atoms with Gasteiger partial charge in [-0.2, -0.15) is 0 Å². The number of aliphatic hydroxyl groups is 2. The van der Waals surface area contributed by atoms with E-state index in [-0.39, 0.29) is 41.9 Å². The lowest BCUT2D eigenvalue weighted by atomic mass is 9.82. The molecule has 6 rings (SSSR count). The van der Waals surface area contributed by atoms with E-state index in [0.29, 0.717) is 42.6 Å². The van der Waals surface area contributed by atoms with Gasteiger partial charge in [0.25, 0.3) is 0 Å². The van der Waals surface area contributed by atoms with Gasteiger partial charge in [0.1, 0.15) is 5.69 Å². The van der Waals surface area contributed by atoms with E-state index in [2.05, 4.69) is 38.6 Å². The maximum Gasteiger partial charge on any atom is 0.223 e. The lowest BCUT2D eigenvalue weighted by Gasteiger charge is -2.48. The second-order valence-corrected chi connectivity index (χ2v) is 12.7. The summed E-state index contributed by atoms with van der Waals surface area (Å²) in [6, 6.07) is 4.13. The van der Waals surface area contributed by atoms with Crippen LogP contribution in [0.5, 0.6) is 0 Å². The molecule has 3 N–H and O–H groups in total. The number of aliphatic hydroxyl groups excluding tert-OH is 2. The van der Waals surface area contributed by atoms with Gasteiger partial charge < -0.3 is 24.8 Å². The van der Waals surface area contributed by atoms with Crippen molar-refractivity contribution in [1.29, 1.82) is 0 Å². The van der Waals surface area contributed by atoms with Gasteiger partial charge in [0, 0.05) is 53.5 Å². The van der Waals surface area contributed by atoms with Crippen LogP contribution in [0.15, 0.2) is 23.1 Å². The summed E-state index contributed by atoms with van der Waals surface area (Å²) < 4.78 is 22.9. The van der Waals surface area contributed by atoms with Gasteiger partial charge in [-0.25, -0.2) is 14.4 Å². The predicted molar refractivity (Wildman–Crippen MR) is 160 cm³/mol. The Morgan fingerprint density at radius 3 is 2.57 bits per heavy atom. The first-order valence-corrected chi connectivity index (χ1v) is 15.3. The van der Waals surface area contributed by atoms with Gasteiger partial charge >= 0.3 is 0 Å². The van der Waals surface area contributed by atoms with E-state index in [1.54, 1.807) is 0 Å². The molecule has 0 spiro atoms. The molecule has 3 saturated heterocycles. The number of nitrogens with one attached hydrogen (secondary N) is 1. The highest BCUT2D eigenvalue weighted by Crippen LogP contribution is 2.37. The summed E-state index contributed by atoms with van der Waals surface area (Å²) in [6.45, 7) is 9.39. The van der Waals surface area contributed by atoms with Crippen molar-refractivity contribution in [3.05, 3.63) is 51.2 Å². The first-order chi connectivity index (χ1) is 20.1. The zero-order chi connectivity index (χ0) is 29.7. The van der Waals surface area contributed by atoms with Crippen molar-refractivity contribution in [2.24, 2.45) is 0 Å². The zero-order valence-corrected chi connectivity index (χ0v) is 24.9. The summed E-state index contributed by atoms with van der Waals surface area (Å²) in [6.07, 6.45) is 5.61. The first kappa shape index (κ1) is 29.2. The van der Waals surface area contributed by atoms with Crippen LogP contribution in [0, 0.1) is 19.7 Å². The normalized spacial score (nSPS) is 26.6. The molecule has 0 radical (unpaired) electrons. The topological polar surface area (TPSA) is 113 Å². The van der Waals surface area contributed by atoms with Crippen molar-refractivity contribution in [1.82, 2.24) is 19.4 Å². The Balaban J connectivity index is 1.45. The third kappa shape index (κ3) is 5.34. The van der Waals surface area contributed by atoms with Crippen LogP contribution in [0.1, 0.15) is 75.2 Å². The molecule has 42 heavy (non-hydrogen) atoms. The molecule has 0 amide bonds. The molecular weight excluding hydrogens is 537 g/mol. The van der Waals surface area contributed by atoms with Crippen molar-refractivity contribution in [3.63, 3.8) is 0 Å². The number of hydrogen-bond donors (Lipinski definition) is 3. The highest BCUT2D eigenvalue weighted by Gasteiger charge is 2.38. The number of ether oxygens (including phenoxy) is 1. The van der Waals surface area contributed by atoms with Gasteiger partial charge in [0.05, 0.1) is 36.6 Å². The number of aromatic nitrogens is 3. The van der Waals surface area contributed by atoms with Gasteiger partial charge in [-0.3, -0.25) is 9.69 Å². The molecule has 3 aliphatic heterocycles. The van der Waals surface area contributed by atoms with E-state index >= 15 is 4.39 Å². The Labute approximate surface area is 245 Å². The fourth-order valence-electron chi connectivity index (χ4n) is 7.34. The number of benzene rings is 1. The van der Waals surface area contributed by atoms with E-state index < -0.39 is 11.9 Å². The van der Waals surface area contributed by atoms with Crippen LogP contribution >= 0.6 is 0 Å². The molecule has 9 nitrogen and oxygen atoms in total. The Morgan fingerprint density at radius 1 is 1.14 bits per heavy atom. The highest BCUT2D eigenvalue weighted by atomic mass is 19.1. The van der Waals surface area contributed by atoms with Crippen molar-refractivity contribution in [2.45, 2.75) is 109 Å². The quantitative estimate of drug-likeness (QED) is 0.398. The molecule has 10 heteroatoms. The van der Waals surface area contributed by atoms with Crippen LogP contribution in [0.25, 0.3) is 22.2 Å². The van der Waals surface area contributed by atoms with Crippen molar-refractivity contribution in [2.75, 3.05) is 18.5 Å². The fourth-order valence-corrected chi connectivity index (χ4v) is 7.34. The molecule has 1 aromatic carbocycles. The standard InChI is InChI=1S/C32H42FN5O4/c1-17(2)38-27-13-23(30-25(33)14-34-32(36-30)35-26-8-9-42-16-29(26)40)18(3)10-24(27)31(41)19(4)28(38)15-37-20-6-5-7-21(37)12-22(39)11-20/h10,13-14,17,20-22,26,29,39-40H,5-9,11-12,15-16H2,1-4H3,(H,34,35,36)/t20?,21?,22?,26-,29-/m1/s1. The third-order valence-corrected chi connectivity index (χ3v) is 9.50. The molecule has 2 aromatic heterocycles. The number of rotatable bonds is 6. The molecule has 3 fully saturated rings. The number of piperidine rings is 2. The van der Waals surface area contributed by atoms with Crippen LogP contribution in [0.2, 0.25) is 0 Å². The Kier molecular flexibility index (Phi) is 8.08. The van der Waals surface area contributed by atoms with Crippen LogP contribution in [0.4, 0.5) is 10.3 Å². The molecule has 3 aromatic rings. The molecule has 2 bridgehead atoms. The van der Waals surface area contributed by atoms with Gasteiger partial charge in [-0.05, 0) is 77.5 Å². The molecule has 226 valence electrons. The lowest BCUT2D eigenvalue weighted by molar-refractivity contribution is -0.0325. The number of pyridine rings is 1. The number of nitrogens with zero attached hydrogens (tertiary/aromatic N) is 4. The van der Waals surface area contributed by atoms with Gasteiger partial charge in [-0.1, -0.05) is 6.42 Å². The summed E-state index contributed by atoms with van der Waals surface area (Å²) in [5.41, 5.74) is 3.96. The van der Waals surface area contributed by atoms with E-state index in [4.69, 9.17) is 4.74 Å². The average molecular weight is 580 g/mol. The minimum atomic E-state index is -0.705. The number of aryl methyl sites for hydroxylation is 1. The monoisotopic (exact) mass is 579 g/mol. The van der Waals surface area contributed by atoms with E-state index in [0.717, 1.165) is 54.2 Å². The molecule has 3 aliphatic rings. The molecule has 5 heterocycles. The second kappa shape index (κ2) is 11.6. The highest BCUT2D eigenvalue weighted by molar-refractivity contribution is 5.87. The third-order valence-electron chi connectivity index (χ3n) is 9.50. The average Bonchev–Trinajstić information content (AvgIpc) is 2.94. The van der Waals surface area contributed by atoms with Gasteiger partial charge in [0.2, 0.25) is 5.95 Å². The van der Waals surface area contributed by atoms with Crippen LogP contribution < -0.4 is 10.7 Å². The largest absolute Gasteiger partial charge is 0.393 e. The second-order valence-electron chi connectivity index (χ2n) is 12.7. The van der Waals surface area contributed by atoms with Crippen molar-refractivity contribution in [3.8, 4) is 11.3 Å². The van der Waals surface area contributed by atoms with Gasteiger partial charge in [0.15, 0.2) is 11.2 Å². The number of anilines is 1. The summed E-state index contributed by atoms with van der Waals surface area (Å²) in [5, 5.41) is 24.5. The SMILES string of the molecule is Cc1cc2c(=O)c(C)c(CN3C4CCCC3CC(O)C4)n(C(C)C)c2cc1-c1nc(N[C@@H]2CCOC[C@H]2O)ncc1F. The lowest BCUT2D eigenvalue weighted by Crippen LogP contribution is -2.53. The molecule has 2 unspecified atom stereocenters. The Morgan fingerprint density at radius 2 is 1.88 bits per heavy atom. The minimum absolute atomic E-state index is 0.00669. The molecule has 0 saturated carbocycles. The first-order valence-electron chi connectivity index (χ1n) is 15.3. The van der Waals surface area contributed by atoms with Crippen molar-refractivity contribution < 1.29 is 19.3 Å². The van der Waals surface area contributed by atoms with E-state index in [1.807, 2.05) is 26.0 Å².